The molecule has 3 aromatic carbocycles. The first-order chi connectivity index (χ1) is 15.8. The maximum Gasteiger partial charge on any atom is 0.259 e. The average molecular weight is 423 g/mol. The van der Waals surface area contributed by atoms with Gasteiger partial charge in [0.2, 0.25) is 0 Å². The number of nitrogens with zero attached hydrogens (tertiary/aromatic N) is 3. The number of anilines is 2. The van der Waals surface area contributed by atoms with E-state index in [1.807, 2.05) is 72.8 Å². The van der Waals surface area contributed by atoms with Gasteiger partial charge in [-0.2, -0.15) is 5.10 Å². The van der Waals surface area contributed by atoms with Gasteiger partial charge in [-0.1, -0.05) is 48.5 Å². The summed E-state index contributed by atoms with van der Waals surface area (Å²) in [6, 6.07) is 27.8. The zero-order chi connectivity index (χ0) is 21.8. The summed E-state index contributed by atoms with van der Waals surface area (Å²) in [5.74, 6) is -0.170. The molecule has 0 radical (unpaired) electrons. The third kappa shape index (κ3) is 4.28. The van der Waals surface area contributed by atoms with Crippen molar-refractivity contribution in [1.29, 1.82) is 0 Å². The van der Waals surface area contributed by atoms with Gasteiger partial charge in [0.05, 0.1) is 11.3 Å². The van der Waals surface area contributed by atoms with Crippen LogP contribution in [0.25, 0.3) is 16.9 Å². The van der Waals surface area contributed by atoms with Crippen LogP contribution in [0.5, 0.6) is 0 Å². The molecule has 0 saturated carbocycles. The molecule has 0 unspecified atom stereocenters. The van der Waals surface area contributed by atoms with E-state index in [0.717, 1.165) is 30.0 Å². The van der Waals surface area contributed by atoms with Crippen molar-refractivity contribution in [3.8, 4) is 16.9 Å². The Morgan fingerprint density at radius 2 is 1.41 bits per heavy atom. The summed E-state index contributed by atoms with van der Waals surface area (Å²) >= 11 is 0. The Morgan fingerprint density at radius 1 is 0.750 bits per heavy atom. The molecule has 1 saturated heterocycles. The van der Waals surface area contributed by atoms with Gasteiger partial charge < -0.3 is 10.2 Å². The fourth-order valence-electron chi connectivity index (χ4n) is 4.17. The first-order valence-corrected chi connectivity index (χ1v) is 11.1. The number of para-hydroxylation sites is 1. The SMILES string of the molecule is O=C(Nc1ccc(N2CCCCC2)cc1)c1cn(-c2ccccc2)nc1-c1ccccc1. The van der Waals surface area contributed by atoms with Crippen LogP contribution < -0.4 is 10.2 Å². The Balaban J connectivity index is 1.42. The fourth-order valence-corrected chi connectivity index (χ4v) is 4.17. The van der Waals surface area contributed by atoms with Crippen molar-refractivity contribution in [2.45, 2.75) is 19.3 Å². The molecule has 160 valence electrons. The van der Waals surface area contributed by atoms with Crippen LogP contribution in [0.2, 0.25) is 0 Å². The van der Waals surface area contributed by atoms with E-state index in [-0.39, 0.29) is 5.91 Å². The number of hydrogen-bond acceptors (Lipinski definition) is 3. The fraction of sp³-hybridized carbons (Fsp3) is 0.185. The second kappa shape index (κ2) is 9.10. The zero-order valence-electron chi connectivity index (χ0n) is 17.9. The minimum atomic E-state index is -0.170. The van der Waals surface area contributed by atoms with Gasteiger partial charge in [0.25, 0.3) is 5.91 Å². The predicted octanol–water partition coefficient (Wildman–Crippen LogP) is 5.78. The van der Waals surface area contributed by atoms with Crippen molar-refractivity contribution in [3.05, 3.63) is 96.7 Å². The molecule has 0 aliphatic carbocycles. The number of rotatable bonds is 5. The van der Waals surface area contributed by atoms with Crippen molar-refractivity contribution in [2.75, 3.05) is 23.3 Å². The summed E-state index contributed by atoms with van der Waals surface area (Å²) in [5.41, 5.74) is 5.02. The number of benzene rings is 3. The Bertz CT molecular complexity index is 1180. The van der Waals surface area contributed by atoms with Gasteiger partial charge in [-0.3, -0.25) is 4.79 Å². The van der Waals surface area contributed by atoms with Crippen LogP contribution in [0.15, 0.2) is 91.1 Å². The maximum atomic E-state index is 13.3. The smallest absolute Gasteiger partial charge is 0.259 e. The number of nitrogens with one attached hydrogen (secondary N) is 1. The van der Waals surface area contributed by atoms with E-state index < -0.39 is 0 Å². The number of carbonyl (C=O) groups is 1. The molecule has 1 fully saturated rings. The highest BCUT2D eigenvalue weighted by Gasteiger charge is 2.19. The summed E-state index contributed by atoms with van der Waals surface area (Å²) in [6.07, 6.45) is 5.60. The number of carbonyl (C=O) groups excluding carboxylic acids is 1. The first-order valence-electron chi connectivity index (χ1n) is 11.1. The third-order valence-corrected chi connectivity index (χ3v) is 5.87. The molecule has 5 nitrogen and oxygen atoms in total. The second-order valence-corrected chi connectivity index (χ2v) is 8.09. The lowest BCUT2D eigenvalue weighted by Gasteiger charge is -2.28. The Hall–Kier alpha value is -3.86. The normalized spacial score (nSPS) is 13.7. The van der Waals surface area contributed by atoms with Crippen molar-refractivity contribution in [1.82, 2.24) is 9.78 Å². The highest BCUT2D eigenvalue weighted by Crippen LogP contribution is 2.26. The molecule has 0 atom stereocenters. The van der Waals surface area contributed by atoms with E-state index in [0.29, 0.717) is 11.3 Å². The highest BCUT2D eigenvalue weighted by molar-refractivity contribution is 6.08. The van der Waals surface area contributed by atoms with E-state index in [4.69, 9.17) is 5.10 Å². The van der Waals surface area contributed by atoms with Crippen molar-refractivity contribution >= 4 is 17.3 Å². The summed E-state index contributed by atoms with van der Waals surface area (Å²) in [4.78, 5) is 15.7. The van der Waals surface area contributed by atoms with Gasteiger partial charge >= 0.3 is 0 Å². The molecule has 1 amide bonds. The zero-order valence-corrected chi connectivity index (χ0v) is 17.9. The lowest BCUT2D eigenvalue weighted by atomic mass is 10.1. The molecule has 1 aromatic heterocycles. The monoisotopic (exact) mass is 422 g/mol. The molecule has 2 heterocycles. The minimum Gasteiger partial charge on any atom is -0.372 e. The highest BCUT2D eigenvalue weighted by atomic mass is 16.1. The summed E-state index contributed by atoms with van der Waals surface area (Å²) in [6.45, 7) is 2.20. The van der Waals surface area contributed by atoms with Crippen LogP contribution in [0.1, 0.15) is 29.6 Å². The largest absolute Gasteiger partial charge is 0.372 e. The molecule has 1 aliphatic rings. The van der Waals surface area contributed by atoms with Gasteiger partial charge in [-0.05, 0) is 55.7 Å². The van der Waals surface area contributed by atoms with Gasteiger partial charge in [0.15, 0.2) is 0 Å². The van der Waals surface area contributed by atoms with Gasteiger partial charge in [-0.25, -0.2) is 4.68 Å². The average Bonchev–Trinajstić information content (AvgIpc) is 3.32. The molecule has 32 heavy (non-hydrogen) atoms. The lowest BCUT2D eigenvalue weighted by molar-refractivity contribution is 0.102. The quantitative estimate of drug-likeness (QED) is 0.443. The van der Waals surface area contributed by atoms with E-state index >= 15 is 0 Å². The Labute approximate surface area is 188 Å². The number of aromatic nitrogens is 2. The topological polar surface area (TPSA) is 50.2 Å². The Morgan fingerprint density at radius 3 is 2.09 bits per heavy atom. The maximum absolute atomic E-state index is 13.3. The van der Waals surface area contributed by atoms with Gasteiger partial charge in [-0.15, -0.1) is 0 Å². The predicted molar refractivity (Wildman–Crippen MR) is 129 cm³/mol. The summed E-state index contributed by atoms with van der Waals surface area (Å²) in [7, 11) is 0. The molecular formula is C27H26N4O. The standard InChI is InChI=1S/C27H26N4O/c32-27(28-22-14-16-23(17-15-22)30-18-8-3-9-19-30)25-20-31(24-12-6-2-7-13-24)29-26(25)21-10-4-1-5-11-21/h1-2,4-7,10-17,20H,3,8-9,18-19H2,(H,28,32). The van der Waals surface area contributed by atoms with Gasteiger partial charge in [0.1, 0.15) is 5.69 Å². The van der Waals surface area contributed by atoms with E-state index in [1.54, 1.807) is 10.9 Å². The third-order valence-electron chi connectivity index (χ3n) is 5.87. The molecule has 1 N–H and O–H groups in total. The van der Waals surface area contributed by atoms with Crippen LogP contribution in [0.4, 0.5) is 11.4 Å². The summed E-state index contributed by atoms with van der Waals surface area (Å²) in [5, 5.41) is 7.79. The number of hydrogen-bond donors (Lipinski definition) is 1. The molecule has 0 bridgehead atoms. The molecular weight excluding hydrogens is 396 g/mol. The van der Waals surface area contributed by atoms with Crippen LogP contribution in [-0.2, 0) is 0 Å². The van der Waals surface area contributed by atoms with Crippen molar-refractivity contribution in [2.24, 2.45) is 0 Å². The molecule has 5 rings (SSSR count). The molecule has 1 aliphatic heterocycles. The van der Waals surface area contributed by atoms with E-state index in [1.165, 1.54) is 24.9 Å². The van der Waals surface area contributed by atoms with Crippen molar-refractivity contribution in [3.63, 3.8) is 0 Å². The Kier molecular flexibility index (Phi) is 5.71. The van der Waals surface area contributed by atoms with Crippen molar-refractivity contribution < 1.29 is 4.79 Å². The van der Waals surface area contributed by atoms with Gasteiger partial charge in [0, 0.05) is 36.2 Å². The van der Waals surface area contributed by atoms with Crippen LogP contribution in [0, 0.1) is 0 Å². The minimum absolute atomic E-state index is 0.170. The van der Waals surface area contributed by atoms with E-state index in [9.17, 15) is 4.79 Å². The second-order valence-electron chi connectivity index (χ2n) is 8.09. The molecule has 4 aromatic rings. The number of piperidine rings is 1. The summed E-state index contributed by atoms with van der Waals surface area (Å²) < 4.78 is 1.76. The van der Waals surface area contributed by atoms with Crippen LogP contribution >= 0.6 is 0 Å². The van der Waals surface area contributed by atoms with E-state index in [2.05, 4.69) is 22.3 Å². The first kappa shape index (κ1) is 20.1. The number of amides is 1. The lowest BCUT2D eigenvalue weighted by Crippen LogP contribution is -2.29. The molecule has 0 spiro atoms. The molecule has 5 heteroatoms. The van der Waals surface area contributed by atoms with Crippen LogP contribution in [-0.4, -0.2) is 28.8 Å². The van der Waals surface area contributed by atoms with Crippen LogP contribution in [0.3, 0.4) is 0 Å².